The average Bonchev–Trinajstić information content (AvgIpc) is 3.64. The lowest BCUT2D eigenvalue weighted by atomic mass is 9.88. The highest BCUT2D eigenvalue weighted by Gasteiger charge is 2.34. The van der Waals surface area contributed by atoms with Crippen molar-refractivity contribution in [3.63, 3.8) is 0 Å². The first kappa shape index (κ1) is 20.7. The number of halogens is 1. The molecule has 1 aromatic heterocycles. The van der Waals surface area contributed by atoms with Crippen molar-refractivity contribution in [3.05, 3.63) is 82.9 Å². The summed E-state index contributed by atoms with van der Waals surface area (Å²) in [6.07, 6.45) is 5.33. The number of aryl methyl sites for hydroxylation is 2. The van der Waals surface area contributed by atoms with E-state index in [1.165, 1.54) is 11.8 Å². The first-order valence-electron chi connectivity index (χ1n) is 11.2. The number of carboxylic acid groups (broad SMARTS) is 1. The van der Waals surface area contributed by atoms with E-state index in [-0.39, 0.29) is 24.3 Å². The van der Waals surface area contributed by atoms with Gasteiger partial charge in [0, 0.05) is 11.3 Å². The maximum absolute atomic E-state index is 14.2. The van der Waals surface area contributed by atoms with Gasteiger partial charge in [0.1, 0.15) is 17.7 Å². The largest absolute Gasteiger partial charge is 0.485 e. The molecule has 5 heteroatoms. The van der Waals surface area contributed by atoms with Crippen molar-refractivity contribution in [1.82, 2.24) is 4.98 Å². The molecule has 32 heavy (non-hydrogen) atoms. The molecule has 0 radical (unpaired) electrons. The number of rotatable bonds is 6. The minimum absolute atomic E-state index is 0.0553. The van der Waals surface area contributed by atoms with Gasteiger partial charge in [0.05, 0.1) is 12.6 Å². The third-order valence-electron chi connectivity index (χ3n) is 6.64. The number of aliphatic carboxylic acids is 1. The van der Waals surface area contributed by atoms with Crippen LogP contribution in [-0.4, -0.2) is 16.1 Å². The highest BCUT2D eigenvalue weighted by Crippen LogP contribution is 2.46. The van der Waals surface area contributed by atoms with Gasteiger partial charge in [0.15, 0.2) is 0 Å². The molecule has 2 atom stereocenters. The number of fused-ring (bicyclic) bond motifs is 1. The van der Waals surface area contributed by atoms with Crippen molar-refractivity contribution >= 4 is 5.97 Å². The molecule has 4 nitrogen and oxygen atoms in total. The van der Waals surface area contributed by atoms with Crippen molar-refractivity contribution in [2.45, 2.75) is 51.0 Å². The summed E-state index contributed by atoms with van der Waals surface area (Å²) in [5, 5.41) is 9.33. The molecular formula is C27H26FNO3. The average molecular weight is 432 g/mol. The Balaban J connectivity index is 1.36. The molecule has 1 unspecified atom stereocenters. The zero-order chi connectivity index (χ0) is 22.2. The maximum atomic E-state index is 14.2. The Morgan fingerprint density at radius 3 is 2.66 bits per heavy atom. The molecule has 1 aliphatic carbocycles. The minimum Gasteiger partial charge on any atom is -0.485 e. The number of hydrogen-bond acceptors (Lipinski definition) is 3. The highest BCUT2D eigenvalue weighted by molar-refractivity contribution is 5.68. The maximum Gasteiger partial charge on any atom is 0.303 e. The lowest BCUT2D eigenvalue weighted by molar-refractivity contribution is -0.137. The smallest absolute Gasteiger partial charge is 0.303 e. The number of benzene rings is 2. The number of nitrogens with zero attached hydrogens (tertiary/aromatic N) is 1. The monoisotopic (exact) mass is 431 g/mol. The molecule has 2 aliphatic rings. The lowest BCUT2D eigenvalue weighted by Gasteiger charge is -2.28. The van der Waals surface area contributed by atoms with Crippen molar-refractivity contribution in [2.75, 3.05) is 0 Å². The normalized spacial score (nSPS) is 18.5. The van der Waals surface area contributed by atoms with E-state index < -0.39 is 5.97 Å². The quantitative estimate of drug-likeness (QED) is 0.503. The Hall–Kier alpha value is -3.21. The van der Waals surface area contributed by atoms with E-state index >= 15 is 0 Å². The predicted octanol–water partition coefficient (Wildman–Crippen LogP) is 6.23. The Morgan fingerprint density at radius 2 is 1.94 bits per heavy atom. The fourth-order valence-corrected chi connectivity index (χ4v) is 4.74. The molecule has 3 aromatic rings. The number of carbonyl (C=O) groups is 1. The molecule has 0 bridgehead atoms. The molecule has 2 heterocycles. The molecule has 5 rings (SSSR count). The molecule has 1 aliphatic heterocycles. The Kier molecular flexibility index (Phi) is 5.41. The second-order valence-electron chi connectivity index (χ2n) is 8.98. The summed E-state index contributed by atoms with van der Waals surface area (Å²) in [6, 6.07) is 15.8. The van der Waals surface area contributed by atoms with Crippen LogP contribution in [0.25, 0.3) is 11.1 Å². The van der Waals surface area contributed by atoms with Crippen LogP contribution in [0.2, 0.25) is 0 Å². The van der Waals surface area contributed by atoms with Gasteiger partial charge >= 0.3 is 5.97 Å². The molecule has 0 amide bonds. The van der Waals surface area contributed by atoms with E-state index in [1.54, 1.807) is 6.07 Å². The fourth-order valence-electron chi connectivity index (χ4n) is 4.74. The van der Waals surface area contributed by atoms with Crippen LogP contribution in [0.15, 0.2) is 54.7 Å². The first-order chi connectivity index (χ1) is 15.5. The Bertz CT molecular complexity index is 1150. The van der Waals surface area contributed by atoms with E-state index in [9.17, 15) is 14.3 Å². The van der Waals surface area contributed by atoms with Crippen molar-refractivity contribution in [3.8, 4) is 16.9 Å². The van der Waals surface area contributed by atoms with Crippen LogP contribution in [0.4, 0.5) is 4.39 Å². The van der Waals surface area contributed by atoms with Crippen LogP contribution in [0.5, 0.6) is 5.75 Å². The molecule has 2 aromatic carbocycles. The highest BCUT2D eigenvalue weighted by atomic mass is 19.1. The zero-order valence-corrected chi connectivity index (χ0v) is 18.1. The van der Waals surface area contributed by atoms with Crippen molar-refractivity contribution in [1.29, 1.82) is 0 Å². The summed E-state index contributed by atoms with van der Waals surface area (Å²) in [5.74, 6) is 0.298. The van der Waals surface area contributed by atoms with E-state index in [0.29, 0.717) is 11.5 Å². The van der Waals surface area contributed by atoms with E-state index in [0.717, 1.165) is 53.8 Å². The number of aromatic nitrogens is 1. The van der Waals surface area contributed by atoms with Gasteiger partial charge in [0.25, 0.3) is 0 Å². The van der Waals surface area contributed by atoms with E-state index in [4.69, 9.17) is 4.74 Å². The van der Waals surface area contributed by atoms with E-state index in [1.807, 2.05) is 31.2 Å². The van der Waals surface area contributed by atoms with Crippen molar-refractivity contribution < 1.29 is 19.0 Å². The van der Waals surface area contributed by atoms with Gasteiger partial charge in [-0.3, -0.25) is 9.78 Å². The molecule has 0 spiro atoms. The number of hydrogen-bond donors (Lipinski definition) is 1. The Labute approximate surface area is 187 Å². The topological polar surface area (TPSA) is 59.4 Å². The van der Waals surface area contributed by atoms with E-state index in [2.05, 4.69) is 23.2 Å². The SMILES string of the molecule is Cc1cc(-c2ccc(C3CCc4ccc([C@@H](CC(=O)O)C5CC5)cc4O3)cc2)c(F)cn1. The molecule has 1 saturated carbocycles. The molecule has 1 N–H and O–H groups in total. The number of carboxylic acids is 1. The molecule has 1 fully saturated rings. The number of ether oxygens (including phenoxy) is 1. The Morgan fingerprint density at radius 1 is 1.16 bits per heavy atom. The van der Waals surface area contributed by atoms with Crippen LogP contribution < -0.4 is 4.74 Å². The lowest BCUT2D eigenvalue weighted by Crippen LogP contribution is -2.16. The summed E-state index contributed by atoms with van der Waals surface area (Å²) < 4.78 is 20.6. The summed E-state index contributed by atoms with van der Waals surface area (Å²) in [6.45, 7) is 1.85. The van der Waals surface area contributed by atoms with Crippen LogP contribution >= 0.6 is 0 Å². The molecule has 164 valence electrons. The van der Waals surface area contributed by atoms with Gasteiger partial charge in [-0.2, -0.15) is 0 Å². The third kappa shape index (κ3) is 4.24. The number of pyridine rings is 1. The van der Waals surface area contributed by atoms with Crippen LogP contribution in [0.3, 0.4) is 0 Å². The van der Waals surface area contributed by atoms with Crippen LogP contribution in [0.1, 0.15) is 60.1 Å². The van der Waals surface area contributed by atoms with Gasteiger partial charge in [-0.15, -0.1) is 0 Å². The van der Waals surface area contributed by atoms with Crippen LogP contribution in [0, 0.1) is 18.7 Å². The molecular weight excluding hydrogens is 405 g/mol. The predicted molar refractivity (Wildman–Crippen MR) is 120 cm³/mol. The van der Waals surface area contributed by atoms with Gasteiger partial charge in [-0.05, 0) is 78.8 Å². The van der Waals surface area contributed by atoms with Gasteiger partial charge in [0.2, 0.25) is 0 Å². The first-order valence-corrected chi connectivity index (χ1v) is 11.2. The van der Waals surface area contributed by atoms with Gasteiger partial charge < -0.3 is 9.84 Å². The fraction of sp³-hybridized carbons (Fsp3) is 0.333. The summed E-state index contributed by atoms with van der Waals surface area (Å²) in [4.78, 5) is 15.4. The van der Waals surface area contributed by atoms with Crippen LogP contribution in [-0.2, 0) is 11.2 Å². The second-order valence-corrected chi connectivity index (χ2v) is 8.98. The van der Waals surface area contributed by atoms with Gasteiger partial charge in [-0.25, -0.2) is 4.39 Å². The zero-order valence-electron chi connectivity index (χ0n) is 18.1. The summed E-state index contributed by atoms with van der Waals surface area (Å²) in [5.41, 5.74) is 5.43. The molecule has 0 saturated heterocycles. The standard InChI is InChI=1S/C27H26FNO3/c1-16-12-23(24(28)15-29-16)18-4-6-19(7-5-18)25-11-10-20-8-9-21(13-26(20)32-25)22(14-27(30)31)17-2-3-17/h4-9,12-13,15,17,22,25H,2-3,10-11,14H2,1H3,(H,30,31)/t22-,25?/m0/s1. The summed E-state index contributed by atoms with van der Waals surface area (Å²) >= 11 is 0. The third-order valence-corrected chi connectivity index (χ3v) is 6.64. The second kappa shape index (κ2) is 8.38. The van der Waals surface area contributed by atoms with Crippen molar-refractivity contribution in [2.24, 2.45) is 5.92 Å². The minimum atomic E-state index is -0.751. The summed E-state index contributed by atoms with van der Waals surface area (Å²) in [7, 11) is 0. The van der Waals surface area contributed by atoms with Gasteiger partial charge in [-0.1, -0.05) is 36.4 Å².